The van der Waals surface area contributed by atoms with Crippen LogP contribution in [0.2, 0.25) is 0 Å². The highest BCUT2D eigenvalue weighted by Gasteiger charge is 2.06. The van der Waals surface area contributed by atoms with Gasteiger partial charge >= 0.3 is 0 Å². The standard InChI is InChI=1S/C12H15N3S2/c1-8-6-10(7-13-3)4-5-11(8)16-12-14-9(2)15-17-12/h4-6,13H,7H2,1-3H3. The third-order valence-corrected chi connectivity index (χ3v) is 4.35. The molecule has 0 saturated heterocycles. The molecule has 1 heterocycles. The molecule has 2 aromatic rings. The molecule has 0 saturated carbocycles. The van der Waals surface area contributed by atoms with E-state index in [-0.39, 0.29) is 0 Å². The highest BCUT2D eigenvalue weighted by molar-refractivity contribution is 8.01. The number of benzene rings is 1. The minimum atomic E-state index is 0.849. The Labute approximate surface area is 110 Å². The molecule has 5 heteroatoms. The minimum Gasteiger partial charge on any atom is -0.316 e. The summed E-state index contributed by atoms with van der Waals surface area (Å²) in [5.41, 5.74) is 2.60. The summed E-state index contributed by atoms with van der Waals surface area (Å²) in [4.78, 5) is 5.61. The van der Waals surface area contributed by atoms with Gasteiger partial charge in [-0.3, -0.25) is 0 Å². The molecule has 0 bridgehead atoms. The molecule has 0 aliphatic heterocycles. The van der Waals surface area contributed by atoms with Crippen molar-refractivity contribution < 1.29 is 0 Å². The van der Waals surface area contributed by atoms with Crippen LogP contribution < -0.4 is 5.32 Å². The highest BCUT2D eigenvalue weighted by atomic mass is 32.2. The number of nitrogens with one attached hydrogen (secondary N) is 1. The van der Waals surface area contributed by atoms with Crippen LogP contribution in [0.25, 0.3) is 0 Å². The first-order valence-electron chi connectivity index (χ1n) is 5.41. The summed E-state index contributed by atoms with van der Waals surface area (Å²) in [7, 11) is 1.96. The molecule has 0 aliphatic rings. The van der Waals surface area contributed by atoms with E-state index in [4.69, 9.17) is 0 Å². The molecule has 1 aromatic carbocycles. The first kappa shape index (κ1) is 12.5. The van der Waals surface area contributed by atoms with E-state index in [2.05, 4.69) is 39.8 Å². The third kappa shape index (κ3) is 3.28. The van der Waals surface area contributed by atoms with Crippen LogP contribution in [0.1, 0.15) is 17.0 Å². The summed E-state index contributed by atoms with van der Waals surface area (Å²) in [6, 6.07) is 6.52. The van der Waals surface area contributed by atoms with Gasteiger partial charge in [-0.2, -0.15) is 4.37 Å². The molecule has 2 rings (SSSR count). The van der Waals surface area contributed by atoms with Crippen molar-refractivity contribution in [2.75, 3.05) is 7.05 Å². The Balaban J connectivity index is 2.16. The molecular weight excluding hydrogens is 250 g/mol. The lowest BCUT2D eigenvalue weighted by atomic mass is 10.1. The second kappa shape index (κ2) is 5.62. The summed E-state index contributed by atoms with van der Waals surface area (Å²) in [5, 5.41) is 3.16. The SMILES string of the molecule is CNCc1ccc(Sc2nc(C)ns2)c(C)c1. The normalized spacial score (nSPS) is 10.8. The van der Waals surface area contributed by atoms with Crippen LogP contribution in [0.3, 0.4) is 0 Å². The minimum absolute atomic E-state index is 0.849. The summed E-state index contributed by atoms with van der Waals surface area (Å²) in [6.45, 7) is 4.96. The van der Waals surface area contributed by atoms with Crippen molar-refractivity contribution in [2.45, 2.75) is 29.6 Å². The molecule has 1 N–H and O–H groups in total. The lowest BCUT2D eigenvalue weighted by Gasteiger charge is -2.06. The van der Waals surface area contributed by atoms with E-state index < -0.39 is 0 Å². The molecule has 0 spiro atoms. The molecule has 1 aromatic heterocycles. The quantitative estimate of drug-likeness (QED) is 0.922. The van der Waals surface area contributed by atoms with Crippen molar-refractivity contribution in [2.24, 2.45) is 0 Å². The summed E-state index contributed by atoms with van der Waals surface area (Å²) in [6.07, 6.45) is 0. The number of aryl methyl sites for hydroxylation is 2. The van der Waals surface area contributed by atoms with Crippen molar-refractivity contribution in [3.05, 3.63) is 35.2 Å². The molecule has 0 amide bonds. The van der Waals surface area contributed by atoms with Gasteiger partial charge in [0.1, 0.15) is 5.82 Å². The van der Waals surface area contributed by atoms with Gasteiger partial charge < -0.3 is 5.32 Å². The second-order valence-corrected chi connectivity index (χ2v) is 5.88. The van der Waals surface area contributed by atoms with Gasteiger partial charge in [-0.1, -0.05) is 23.9 Å². The second-order valence-electron chi connectivity index (χ2n) is 3.84. The lowest BCUT2D eigenvalue weighted by molar-refractivity contribution is 0.815. The van der Waals surface area contributed by atoms with E-state index in [0.717, 1.165) is 16.7 Å². The maximum absolute atomic E-state index is 4.36. The van der Waals surface area contributed by atoms with E-state index >= 15 is 0 Å². The van der Waals surface area contributed by atoms with Crippen LogP contribution >= 0.6 is 23.3 Å². The van der Waals surface area contributed by atoms with Crippen LogP contribution in [0.4, 0.5) is 0 Å². The largest absolute Gasteiger partial charge is 0.316 e. The Morgan fingerprint density at radius 1 is 1.35 bits per heavy atom. The molecule has 0 unspecified atom stereocenters. The Kier molecular flexibility index (Phi) is 4.15. The lowest BCUT2D eigenvalue weighted by Crippen LogP contribution is -2.05. The van der Waals surface area contributed by atoms with Crippen molar-refractivity contribution in [3.63, 3.8) is 0 Å². The van der Waals surface area contributed by atoms with Gasteiger partial charge in [-0.05, 0) is 49.6 Å². The van der Waals surface area contributed by atoms with E-state index in [1.807, 2.05) is 14.0 Å². The molecule has 17 heavy (non-hydrogen) atoms. The monoisotopic (exact) mass is 265 g/mol. The van der Waals surface area contributed by atoms with Crippen molar-refractivity contribution in [1.29, 1.82) is 0 Å². The Morgan fingerprint density at radius 2 is 2.18 bits per heavy atom. The first-order valence-corrected chi connectivity index (χ1v) is 7.00. The fraction of sp³-hybridized carbons (Fsp3) is 0.333. The fourth-order valence-electron chi connectivity index (χ4n) is 1.55. The van der Waals surface area contributed by atoms with Gasteiger partial charge in [-0.15, -0.1) is 0 Å². The summed E-state index contributed by atoms with van der Waals surface area (Å²) < 4.78 is 5.20. The van der Waals surface area contributed by atoms with Crippen LogP contribution in [0.15, 0.2) is 27.4 Å². The van der Waals surface area contributed by atoms with Gasteiger partial charge in [0.05, 0.1) is 0 Å². The number of aromatic nitrogens is 2. The molecular formula is C12H15N3S2. The van der Waals surface area contributed by atoms with Crippen LogP contribution in [0.5, 0.6) is 0 Å². The summed E-state index contributed by atoms with van der Waals surface area (Å²) >= 11 is 3.14. The topological polar surface area (TPSA) is 37.8 Å². The van der Waals surface area contributed by atoms with Gasteiger partial charge in [0.15, 0.2) is 4.34 Å². The van der Waals surface area contributed by atoms with Crippen molar-refractivity contribution in [1.82, 2.24) is 14.7 Å². The predicted molar refractivity (Wildman–Crippen MR) is 72.7 cm³/mol. The fourth-order valence-corrected chi connectivity index (χ4v) is 3.23. The van der Waals surface area contributed by atoms with E-state index in [0.29, 0.717) is 0 Å². The average Bonchev–Trinajstić information content (AvgIpc) is 2.69. The van der Waals surface area contributed by atoms with E-state index in [1.165, 1.54) is 27.6 Å². The van der Waals surface area contributed by atoms with E-state index in [1.54, 1.807) is 11.8 Å². The maximum Gasteiger partial charge on any atom is 0.174 e. The molecule has 0 fully saturated rings. The van der Waals surface area contributed by atoms with Crippen LogP contribution in [-0.2, 0) is 6.54 Å². The van der Waals surface area contributed by atoms with Crippen LogP contribution in [0, 0.1) is 13.8 Å². The van der Waals surface area contributed by atoms with Gasteiger partial charge in [-0.25, -0.2) is 4.98 Å². The number of rotatable bonds is 4. The zero-order valence-corrected chi connectivity index (χ0v) is 11.8. The van der Waals surface area contributed by atoms with E-state index in [9.17, 15) is 0 Å². The molecule has 3 nitrogen and oxygen atoms in total. The predicted octanol–water partition coefficient (Wildman–Crippen LogP) is 3.03. The first-order chi connectivity index (χ1) is 8.19. The van der Waals surface area contributed by atoms with Gasteiger partial charge in [0, 0.05) is 11.4 Å². The van der Waals surface area contributed by atoms with Gasteiger partial charge in [0.2, 0.25) is 0 Å². The number of hydrogen-bond acceptors (Lipinski definition) is 5. The Morgan fingerprint density at radius 3 is 2.76 bits per heavy atom. The number of hydrogen-bond donors (Lipinski definition) is 1. The van der Waals surface area contributed by atoms with Crippen molar-refractivity contribution in [3.8, 4) is 0 Å². The zero-order chi connectivity index (χ0) is 12.3. The number of nitrogens with zero attached hydrogens (tertiary/aromatic N) is 2. The smallest absolute Gasteiger partial charge is 0.174 e. The molecule has 90 valence electrons. The Bertz CT molecular complexity index is 508. The molecule has 0 aliphatic carbocycles. The summed E-state index contributed by atoms with van der Waals surface area (Å²) in [5.74, 6) is 0.849. The highest BCUT2D eigenvalue weighted by Crippen LogP contribution is 2.31. The maximum atomic E-state index is 4.36. The third-order valence-electron chi connectivity index (χ3n) is 2.33. The zero-order valence-electron chi connectivity index (χ0n) is 10.2. The Hall–Kier alpha value is -0.910. The van der Waals surface area contributed by atoms with Crippen molar-refractivity contribution >= 4 is 23.3 Å². The average molecular weight is 265 g/mol. The van der Waals surface area contributed by atoms with Gasteiger partial charge in [0.25, 0.3) is 0 Å². The van der Waals surface area contributed by atoms with Crippen LogP contribution in [-0.4, -0.2) is 16.4 Å². The molecule has 0 radical (unpaired) electrons. The molecule has 0 atom stereocenters.